The van der Waals surface area contributed by atoms with Crippen LogP contribution in [0.5, 0.6) is 0 Å². The summed E-state index contributed by atoms with van der Waals surface area (Å²) in [6, 6.07) is 1.92. The summed E-state index contributed by atoms with van der Waals surface area (Å²) in [5.74, 6) is -9.32. The monoisotopic (exact) mass is 262 g/mol. The van der Waals surface area contributed by atoms with Crippen molar-refractivity contribution in [3.8, 4) is 11.1 Å². The fraction of sp³-hybridized carbons (Fsp3) is 0. The van der Waals surface area contributed by atoms with Crippen LogP contribution in [-0.2, 0) is 0 Å². The maximum Gasteiger partial charge on any atom is 0.169 e. The molecule has 0 nitrogen and oxygen atoms in total. The van der Waals surface area contributed by atoms with Gasteiger partial charge in [0.25, 0.3) is 0 Å². The molecular formula is C12H4F6. The van der Waals surface area contributed by atoms with Crippen LogP contribution in [0, 0.1) is 34.9 Å². The van der Waals surface area contributed by atoms with Gasteiger partial charge >= 0.3 is 0 Å². The number of hydrogen-bond donors (Lipinski definition) is 0. The Balaban J connectivity index is 2.85. The molecule has 0 aromatic heterocycles. The van der Waals surface area contributed by atoms with Crippen molar-refractivity contribution in [2.24, 2.45) is 0 Å². The van der Waals surface area contributed by atoms with Gasteiger partial charge in [-0.15, -0.1) is 0 Å². The molecule has 0 aliphatic rings. The normalized spacial score (nSPS) is 10.8. The third-order valence-electron chi connectivity index (χ3n) is 2.34. The highest BCUT2D eigenvalue weighted by atomic mass is 19.2. The van der Waals surface area contributed by atoms with E-state index in [4.69, 9.17) is 0 Å². The number of hydrogen-bond acceptors (Lipinski definition) is 0. The molecule has 0 aliphatic heterocycles. The van der Waals surface area contributed by atoms with Crippen LogP contribution in [0.3, 0.4) is 0 Å². The molecule has 0 bridgehead atoms. The van der Waals surface area contributed by atoms with Crippen LogP contribution < -0.4 is 0 Å². The second-order valence-corrected chi connectivity index (χ2v) is 3.44. The van der Waals surface area contributed by atoms with Crippen molar-refractivity contribution in [1.82, 2.24) is 0 Å². The van der Waals surface area contributed by atoms with Crippen LogP contribution in [0.2, 0.25) is 0 Å². The first kappa shape index (κ1) is 12.5. The molecule has 0 radical (unpaired) electrons. The summed E-state index contributed by atoms with van der Waals surface area (Å²) >= 11 is 0. The van der Waals surface area contributed by atoms with Gasteiger partial charge in [-0.3, -0.25) is 0 Å². The second-order valence-electron chi connectivity index (χ2n) is 3.44. The van der Waals surface area contributed by atoms with Gasteiger partial charge in [-0.1, -0.05) is 0 Å². The Bertz CT molecular complexity index is 565. The zero-order valence-electron chi connectivity index (χ0n) is 8.58. The second kappa shape index (κ2) is 4.36. The average molecular weight is 262 g/mol. The van der Waals surface area contributed by atoms with Crippen LogP contribution in [0.4, 0.5) is 26.3 Å². The molecule has 6 heteroatoms. The maximum absolute atomic E-state index is 13.4. The van der Waals surface area contributed by atoms with E-state index in [-0.39, 0.29) is 0 Å². The predicted molar refractivity (Wildman–Crippen MR) is 51.6 cm³/mol. The van der Waals surface area contributed by atoms with Crippen LogP contribution >= 0.6 is 0 Å². The fourth-order valence-electron chi connectivity index (χ4n) is 1.51. The van der Waals surface area contributed by atoms with E-state index in [1.165, 1.54) is 0 Å². The molecule has 18 heavy (non-hydrogen) atoms. The average Bonchev–Trinajstić information content (AvgIpc) is 2.33. The Labute approximate surface area is 97.5 Å². The lowest BCUT2D eigenvalue weighted by Crippen LogP contribution is -2.01. The molecule has 2 aromatic carbocycles. The van der Waals surface area contributed by atoms with Crippen molar-refractivity contribution < 1.29 is 26.3 Å². The molecule has 2 aromatic rings. The van der Waals surface area contributed by atoms with E-state index in [0.717, 1.165) is 0 Å². The topological polar surface area (TPSA) is 0 Å². The molecule has 2 rings (SSSR count). The number of benzene rings is 2. The van der Waals surface area contributed by atoms with Crippen LogP contribution in [0.1, 0.15) is 0 Å². The van der Waals surface area contributed by atoms with Gasteiger partial charge in [0, 0.05) is 0 Å². The Kier molecular flexibility index (Phi) is 3.02. The van der Waals surface area contributed by atoms with Crippen molar-refractivity contribution >= 4 is 0 Å². The summed E-state index contributed by atoms with van der Waals surface area (Å²) < 4.78 is 79.3. The highest BCUT2D eigenvalue weighted by molar-refractivity contribution is 5.66. The summed E-state index contributed by atoms with van der Waals surface area (Å²) in [5, 5.41) is 0. The molecule has 0 aliphatic carbocycles. The third kappa shape index (κ3) is 1.83. The summed E-state index contributed by atoms with van der Waals surface area (Å²) in [4.78, 5) is 0. The van der Waals surface area contributed by atoms with Gasteiger partial charge in [0.1, 0.15) is 11.6 Å². The minimum Gasteiger partial charge on any atom is -0.206 e. The first-order chi connectivity index (χ1) is 8.43. The van der Waals surface area contributed by atoms with Crippen molar-refractivity contribution in [2.75, 3.05) is 0 Å². The highest BCUT2D eigenvalue weighted by Crippen LogP contribution is 2.32. The van der Waals surface area contributed by atoms with E-state index in [0.29, 0.717) is 24.3 Å². The Morgan fingerprint density at radius 2 is 0.722 bits per heavy atom. The molecule has 0 N–H and O–H groups in total. The van der Waals surface area contributed by atoms with Gasteiger partial charge in [0.05, 0.1) is 11.1 Å². The first-order valence-electron chi connectivity index (χ1n) is 4.71. The van der Waals surface area contributed by atoms with Crippen molar-refractivity contribution in [2.45, 2.75) is 0 Å². The molecule has 0 spiro atoms. The summed E-state index contributed by atoms with van der Waals surface area (Å²) in [6.07, 6.45) is 0. The fourth-order valence-corrected chi connectivity index (χ4v) is 1.51. The standard InChI is InChI=1S/C12H4F6/c13-5-1-3-7(15)11(17)9(5)10-6(14)2-4-8(16)12(10)18/h1-4H. The van der Waals surface area contributed by atoms with Gasteiger partial charge in [-0.25, -0.2) is 26.3 Å². The minimum atomic E-state index is -1.78. The van der Waals surface area contributed by atoms with Gasteiger partial charge in [0.2, 0.25) is 0 Å². The summed E-state index contributed by atoms with van der Waals surface area (Å²) in [5.41, 5.74) is -2.55. The quantitative estimate of drug-likeness (QED) is 0.534. The van der Waals surface area contributed by atoms with Crippen molar-refractivity contribution in [1.29, 1.82) is 0 Å². The molecule has 0 saturated heterocycles. The summed E-state index contributed by atoms with van der Waals surface area (Å²) in [7, 11) is 0. The zero-order chi connectivity index (χ0) is 13.4. The Morgan fingerprint density at radius 1 is 0.444 bits per heavy atom. The minimum absolute atomic E-state index is 0.462. The third-order valence-corrected chi connectivity index (χ3v) is 2.34. The lowest BCUT2D eigenvalue weighted by molar-refractivity contribution is 0.483. The molecule has 0 atom stereocenters. The van der Waals surface area contributed by atoms with E-state index in [2.05, 4.69) is 0 Å². The number of rotatable bonds is 1. The van der Waals surface area contributed by atoms with E-state index in [1.54, 1.807) is 0 Å². The highest BCUT2D eigenvalue weighted by Gasteiger charge is 2.24. The van der Waals surface area contributed by atoms with E-state index < -0.39 is 46.0 Å². The first-order valence-corrected chi connectivity index (χ1v) is 4.71. The molecular weight excluding hydrogens is 258 g/mol. The molecule has 0 saturated carbocycles. The van der Waals surface area contributed by atoms with Crippen LogP contribution in [0.15, 0.2) is 24.3 Å². The molecule has 94 valence electrons. The van der Waals surface area contributed by atoms with E-state index in [9.17, 15) is 26.3 Å². The van der Waals surface area contributed by atoms with Crippen LogP contribution in [-0.4, -0.2) is 0 Å². The largest absolute Gasteiger partial charge is 0.206 e. The smallest absolute Gasteiger partial charge is 0.169 e. The molecule has 0 unspecified atom stereocenters. The summed E-state index contributed by atoms with van der Waals surface area (Å²) in [6.45, 7) is 0. The van der Waals surface area contributed by atoms with Gasteiger partial charge in [-0.2, -0.15) is 0 Å². The Morgan fingerprint density at radius 3 is 1.06 bits per heavy atom. The maximum atomic E-state index is 13.4. The van der Waals surface area contributed by atoms with Crippen molar-refractivity contribution in [3.05, 3.63) is 59.2 Å². The van der Waals surface area contributed by atoms with E-state index >= 15 is 0 Å². The van der Waals surface area contributed by atoms with Crippen molar-refractivity contribution in [3.63, 3.8) is 0 Å². The Hall–Kier alpha value is -1.98. The van der Waals surface area contributed by atoms with Gasteiger partial charge in [0.15, 0.2) is 23.3 Å². The molecule has 0 heterocycles. The van der Waals surface area contributed by atoms with E-state index in [1.807, 2.05) is 0 Å². The lowest BCUT2D eigenvalue weighted by atomic mass is 10.0. The molecule has 0 fully saturated rings. The van der Waals surface area contributed by atoms with Gasteiger partial charge < -0.3 is 0 Å². The zero-order valence-corrected chi connectivity index (χ0v) is 8.58. The SMILES string of the molecule is Fc1ccc(F)c(-c2c(F)ccc(F)c2F)c1F. The number of halogens is 6. The molecule has 0 amide bonds. The van der Waals surface area contributed by atoms with Crippen LogP contribution in [0.25, 0.3) is 11.1 Å². The lowest BCUT2D eigenvalue weighted by Gasteiger charge is -2.08. The van der Waals surface area contributed by atoms with Gasteiger partial charge in [-0.05, 0) is 24.3 Å². The predicted octanol–water partition coefficient (Wildman–Crippen LogP) is 4.19.